The molecule has 0 bridgehead atoms. The summed E-state index contributed by atoms with van der Waals surface area (Å²) in [5, 5.41) is 0. The van der Waals surface area contributed by atoms with Gasteiger partial charge >= 0.3 is 0 Å². The molecule has 0 fully saturated rings. The number of ether oxygens (including phenoxy) is 1. The highest BCUT2D eigenvalue weighted by Gasteiger charge is 2.14. The first-order valence-electron chi connectivity index (χ1n) is 8.66. The van der Waals surface area contributed by atoms with Crippen molar-refractivity contribution in [2.75, 3.05) is 7.11 Å². The third kappa shape index (κ3) is 3.35. The number of benzene rings is 3. The molecule has 0 aliphatic rings. The third-order valence-electron chi connectivity index (χ3n) is 4.46. The summed E-state index contributed by atoms with van der Waals surface area (Å²) >= 11 is 0. The molecular formula is C24H20NO+. The Morgan fingerprint density at radius 3 is 1.50 bits per heavy atom. The SMILES string of the molecule is COc1ccc(-c2cc(-c3ccccc3)[nH+]c(-c3ccccc3)c2)cc1. The van der Waals surface area contributed by atoms with Crippen molar-refractivity contribution in [1.29, 1.82) is 0 Å². The van der Waals surface area contributed by atoms with Crippen molar-refractivity contribution in [3.63, 3.8) is 0 Å². The van der Waals surface area contributed by atoms with Crippen molar-refractivity contribution in [2.45, 2.75) is 0 Å². The molecule has 0 aliphatic carbocycles. The van der Waals surface area contributed by atoms with Gasteiger partial charge in [-0.15, -0.1) is 0 Å². The minimum atomic E-state index is 0.864. The molecule has 3 aromatic carbocycles. The topological polar surface area (TPSA) is 23.4 Å². The van der Waals surface area contributed by atoms with Crippen molar-refractivity contribution >= 4 is 0 Å². The van der Waals surface area contributed by atoms with E-state index >= 15 is 0 Å². The van der Waals surface area contributed by atoms with Crippen molar-refractivity contribution in [2.24, 2.45) is 0 Å². The minimum absolute atomic E-state index is 0.864. The van der Waals surface area contributed by atoms with Gasteiger partial charge in [0.2, 0.25) is 11.4 Å². The predicted molar refractivity (Wildman–Crippen MR) is 106 cm³/mol. The van der Waals surface area contributed by atoms with Gasteiger partial charge < -0.3 is 4.74 Å². The van der Waals surface area contributed by atoms with E-state index in [9.17, 15) is 0 Å². The fourth-order valence-corrected chi connectivity index (χ4v) is 3.07. The first kappa shape index (κ1) is 16.1. The largest absolute Gasteiger partial charge is 0.497 e. The number of hydrogen-bond donors (Lipinski definition) is 0. The van der Waals surface area contributed by atoms with Crippen LogP contribution in [0.3, 0.4) is 0 Å². The maximum Gasteiger partial charge on any atom is 0.211 e. The number of hydrogen-bond acceptors (Lipinski definition) is 1. The molecule has 4 rings (SSSR count). The normalized spacial score (nSPS) is 10.5. The van der Waals surface area contributed by atoms with Gasteiger partial charge in [-0.3, -0.25) is 0 Å². The van der Waals surface area contributed by atoms with Crippen LogP contribution in [0.25, 0.3) is 33.6 Å². The van der Waals surface area contributed by atoms with Crippen molar-refractivity contribution < 1.29 is 9.72 Å². The molecule has 0 aliphatic heterocycles. The average molecular weight is 338 g/mol. The lowest BCUT2D eigenvalue weighted by molar-refractivity contribution is -0.351. The lowest BCUT2D eigenvalue weighted by Gasteiger charge is -2.06. The number of nitrogens with one attached hydrogen (secondary N) is 1. The van der Waals surface area contributed by atoms with Crippen LogP contribution >= 0.6 is 0 Å². The zero-order valence-corrected chi connectivity index (χ0v) is 14.6. The summed E-state index contributed by atoms with van der Waals surface area (Å²) in [5.41, 5.74) is 6.86. The van der Waals surface area contributed by atoms with Crippen LogP contribution in [-0.2, 0) is 0 Å². The minimum Gasteiger partial charge on any atom is -0.497 e. The number of aromatic amines is 1. The average Bonchev–Trinajstić information content (AvgIpc) is 2.75. The molecule has 2 heteroatoms. The second-order valence-corrected chi connectivity index (χ2v) is 6.16. The Balaban J connectivity index is 1.87. The molecule has 1 N–H and O–H groups in total. The zero-order chi connectivity index (χ0) is 17.8. The van der Waals surface area contributed by atoms with Crippen LogP contribution in [0.15, 0.2) is 97.1 Å². The van der Waals surface area contributed by atoms with Gasteiger partial charge in [0, 0.05) is 23.3 Å². The number of rotatable bonds is 4. The van der Waals surface area contributed by atoms with E-state index in [1.807, 2.05) is 24.3 Å². The molecular weight excluding hydrogens is 318 g/mol. The highest BCUT2D eigenvalue weighted by molar-refractivity contribution is 5.73. The van der Waals surface area contributed by atoms with Crippen LogP contribution in [0.4, 0.5) is 0 Å². The number of H-pyrrole nitrogens is 1. The fraction of sp³-hybridized carbons (Fsp3) is 0.0417. The lowest BCUT2D eigenvalue weighted by Crippen LogP contribution is -2.11. The monoisotopic (exact) mass is 338 g/mol. The van der Waals surface area contributed by atoms with Gasteiger partial charge in [-0.25, -0.2) is 4.98 Å². The van der Waals surface area contributed by atoms with E-state index in [1.54, 1.807) is 7.11 Å². The Bertz CT molecular complexity index is 936. The van der Waals surface area contributed by atoms with Gasteiger partial charge in [0.15, 0.2) is 0 Å². The summed E-state index contributed by atoms with van der Waals surface area (Å²) in [6.07, 6.45) is 0. The third-order valence-corrected chi connectivity index (χ3v) is 4.46. The molecule has 0 spiro atoms. The summed E-state index contributed by atoms with van der Waals surface area (Å²) in [6.45, 7) is 0. The molecule has 1 heterocycles. The Morgan fingerprint density at radius 1 is 0.538 bits per heavy atom. The van der Waals surface area contributed by atoms with Crippen molar-refractivity contribution in [1.82, 2.24) is 0 Å². The summed E-state index contributed by atoms with van der Waals surface area (Å²) in [7, 11) is 1.69. The molecule has 4 aromatic rings. The Kier molecular flexibility index (Phi) is 4.48. The Hall–Kier alpha value is -3.39. The first-order valence-corrected chi connectivity index (χ1v) is 8.66. The molecule has 0 saturated heterocycles. The summed E-state index contributed by atoms with van der Waals surface area (Å²) in [6, 6.07) is 33.4. The highest BCUT2D eigenvalue weighted by Crippen LogP contribution is 2.28. The molecule has 0 radical (unpaired) electrons. The van der Waals surface area contributed by atoms with Gasteiger partial charge in [0.05, 0.1) is 7.11 Å². The van der Waals surface area contributed by atoms with Crippen LogP contribution in [0.5, 0.6) is 5.75 Å². The number of pyridine rings is 1. The Morgan fingerprint density at radius 2 is 1.04 bits per heavy atom. The molecule has 0 amide bonds. The zero-order valence-electron chi connectivity index (χ0n) is 14.6. The van der Waals surface area contributed by atoms with Gasteiger partial charge in [-0.2, -0.15) is 0 Å². The fourth-order valence-electron chi connectivity index (χ4n) is 3.07. The quantitative estimate of drug-likeness (QED) is 0.481. The van der Waals surface area contributed by atoms with E-state index in [0.29, 0.717) is 0 Å². The summed E-state index contributed by atoms with van der Waals surface area (Å²) < 4.78 is 5.28. The molecule has 26 heavy (non-hydrogen) atoms. The molecule has 0 unspecified atom stereocenters. The van der Waals surface area contributed by atoms with Gasteiger partial charge in [-0.05, 0) is 47.5 Å². The van der Waals surface area contributed by atoms with Crippen LogP contribution in [-0.4, -0.2) is 7.11 Å². The molecule has 0 atom stereocenters. The highest BCUT2D eigenvalue weighted by atomic mass is 16.5. The van der Waals surface area contributed by atoms with Crippen LogP contribution < -0.4 is 9.72 Å². The smallest absolute Gasteiger partial charge is 0.211 e. The van der Waals surface area contributed by atoms with E-state index in [0.717, 1.165) is 22.7 Å². The van der Waals surface area contributed by atoms with Crippen molar-refractivity contribution in [3.8, 4) is 39.4 Å². The molecule has 126 valence electrons. The maximum absolute atomic E-state index is 5.28. The standard InChI is InChI=1S/C24H19NO/c1-26-22-14-12-18(13-15-22)21-16-23(19-8-4-2-5-9-19)25-24(17-21)20-10-6-3-7-11-20/h2-17H,1H3/p+1. The van der Waals surface area contributed by atoms with Gasteiger partial charge in [-0.1, -0.05) is 48.5 Å². The van der Waals surface area contributed by atoms with E-state index < -0.39 is 0 Å². The van der Waals surface area contributed by atoms with E-state index in [1.165, 1.54) is 16.7 Å². The van der Waals surface area contributed by atoms with Gasteiger partial charge in [0.1, 0.15) is 5.75 Å². The second kappa shape index (κ2) is 7.24. The maximum atomic E-state index is 5.28. The lowest BCUT2D eigenvalue weighted by atomic mass is 10.00. The van der Waals surface area contributed by atoms with Crippen LogP contribution in [0.2, 0.25) is 0 Å². The van der Waals surface area contributed by atoms with Crippen molar-refractivity contribution in [3.05, 3.63) is 97.1 Å². The molecule has 2 nitrogen and oxygen atoms in total. The number of methoxy groups -OCH3 is 1. The van der Waals surface area contributed by atoms with Crippen LogP contribution in [0, 0.1) is 0 Å². The van der Waals surface area contributed by atoms with E-state index in [2.05, 4.69) is 77.8 Å². The molecule has 0 saturated carbocycles. The second-order valence-electron chi connectivity index (χ2n) is 6.16. The first-order chi connectivity index (χ1) is 12.8. The summed E-state index contributed by atoms with van der Waals surface area (Å²) in [4.78, 5) is 3.59. The van der Waals surface area contributed by atoms with Gasteiger partial charge in [0.25, 0.3) is 0 Å². The van der Waals surface area contributed by atoms with E-state index in [4.69, 9.17) is 4.74 Å². The van der Waals surface area contributed by atoms with E-state index in [-0.39, 0.29) is 0 Å². The molecule has 1 aromatic heterocycles. The number of aromatic nitrogens is 1. The predicted octanol–water partition coefficient (Wildman–Crippen LogP) is 5.51. The summed E-state index contributed by atoms with van der Waals surface area (Å²) in [5.74, 6) is 0.864. The van der Waals surface area contributed by atoms with Crippen LogP contribution in [0.1, 0.15) is 0 Å². The Labute approximate surface area is 153 Å².